The van der Waals surface area contributed by atoms with Gasteiger partial charge < -0.3 is 14.2 Å². The second-order valence-electron chi connectivity index (χ2n) is 22.7. The van der Waals surface area contributed by atoms with Crippen molar-refractivity contribution in [2.45, 2.75) is 374 Å². The Labute approximate surface area is 467 Å². The molecular weight excluding hydrogens is 925 g/mol. The van der Waals surface area contributed by atoms with E-state index in [9.17, 15) is 14.4 Å². The van der Waals surface area contributed by atoms with Gasteiger partial charge in [-0.15, -0.1) is 0 Å². The Bertz CT molecular complexity index is 1190. The van der Waals surface area contributed by atoms with Crippen molar-refractivity contribution in [1.82, 2.24) is 0 Å². The van der Waals surface area contributed by atoms with Crippen molar-refractivity contribution in [3.8, 4) is 0 Å². The Kier molecular flexibility index (Phi) is 62.1. The van der Waals surface area contributed by atoms with E-state index in [2.05, 4.69) is 57.2 Å². The Morgan fingerprint density at radius 1 is 0.253 bits per heavy atom. The Morgan fingerprint density at radius 3 is 0.667 bits per heavy atom. The van der Waals surface area contributed by atoms with Crippen molar-refractivity contribution in [3.63, 3.8) is 0 Å². The second kappa shape index (κ2) is 64.2. The van der Waals surface area contributed by atoms with Crippen LogP contribution in [0.1, 0.15) is 367 Å². The molecule has 0 fully saturated rings. The van der Waals surface area contributed by atoms with Crippen LogP contribution in [0.2, 0.25) is 0 Å². The molecule has 440 valence electrons. The van der Waals surface area contributed by atoms with Crippen molar-refractivity contribution in [1.29, 1.82) is 0 Å². The molecule has 0 aliphatic carbocycles. The van der Waals surface area contributed by atoms with Gasteiger partial charge in [-0.1, -0.05) is 288 Å². The number of hydrogen-bond donors (Lipinski definition) is 0. The molecule has 0 N–H and O–H groups in total. The third-order valence-electron chi connectivity index (χ3n) is 15.1. The molecule has 6 heteroatoms. The van der Waals surface area contributed by atoms with Gasteiger partial charge in [0.05, 0.1) is 0 Å². The fourth-order valence-corrected chi connectivity index (χ4v) is 10.0. The van der Waals surface area contributed by atoms with E-state index in [0.717, 1.165) is 57.8 Å². The maximum atomic E-state index is 12.9. The predicted octanol–water partition coefficient (Wildman–Crippen LogP) is 22.8. The van der Waals surface area contributed by atoms with Crippen molar-refractivity contribution in [2.75, 3.05) is 13.2 Å². The van der Waals surface area contributed by atoms with Crippen LogP contribution in [0, 0.1) is 0 Å². The standard InChI is InChI=1S/C69H128O6/c1-4-7-10-13-16-19-22-25-28-31-34-37-40-43-46-49-52-55-58-61-67(70)73-64-66(75-69(72)63-60-57-54-51-48-45-42-39-36-33-30-27-24-21-18-15-12-9-6-3)65-74-68(71)62-59-56-53-50-47-44-41-38-35-32-29-26-23-20-17-14-11-8-5-2/h25-30,66H,4-24,31-65H2,1-3H3. The van der Waals surface area contributed by atoms with E-state index in [4.69, 9.17) is 14.2 Å². The third kappa shape index (κ3) is 62.4. The van der Waals surface area contributed by atoms with Crippen LogP contribution in [0.4, 0.5) is 0 Å². The van der Waals surface area contributed by atoms with Crippen LogP contribution in [0.5, 0.6) is 0 Å². The summed E-state index contributed by atoms with van der Waals surface area (Å²) in [7, 11) is 0. The van der Waals surface area contributed by atoms with E-state index in [0.29, 0.717) is 19.3 Å². The molecule has 0 aromatic rings. The average Bonchev–Trinajstić information content (AvgIpc) is 3.41. The van der Waals surface area contributed by atoms with Crippen LogP contribution < -0.4 is 0 Å². The summed E-state index contributed by atoms with van der Waals surface area (Å²) in [6.07, 6.45) is 78.6. The summed E-state index contributed by atoms with van der Waals surface area (Å²) in [5.41, 5.74) is 0. The van der Waals surface area contributed by atoms with Gasteiger partial charge in [0, 0.05) is 19.3 Å². The number of hydrogen-bond acceptors (Lipinski definition) is 6. The minimum atomic E-state index is -0.775. The summed E-state index contributed by atoms with van der Waals surface area (Å²) in [5.74, 6) is -0.852. The number of rotatable bonds is 62. The molecule has 0 saturated carbocycles. The molecule has 0 spiro atoms. The van der Waals surface area contributed by atoms with Crippen LogP contribution in [0.3, 0.4) is 0 Å². The first kappa shape index (κ1) is 72.6. The summed E-state index contributed by atoms with van der Waals surface area (Å²) in [5, 5.41) is 0. The SMILES string of the molecule is CCCCCCCCC=CCCCCCCCCCCCC(=O)OCC(COC(=O)CCCCCCCCCCCC=CCCCCCCCC)OC(=O)CCCCCCCCCCCC=CCCCCCCCC. The van der Waals surface area contributed by atoms with E-state index >= 15 is 0 Å². The van der Waals surface area contributed by atoms with Gasteiger partial charge in [0.15, 0.2) is 6.10 Å². The molecular formula is C69H128O6. The van der Waals surface area contributed by atoms with E-state index in [1.807, 2.05) is 0 Å². The summed E-state index contributed by atoms with van der Waals surface area (Å²) >= 11 is 0. The zero-order valence-corrected chi connectivity index (χ0v) is 50.6. The molecule has 0 aliphatic heterocycles. The van der Waals surface area contributed by atoms with E-state index in [1.165, 1.54) is 270 Å². The Balaban J connectivity index is 4.34. The van der Waals surface area contributed by atoms with Gasteiger partial charge in [-0.25, -0.2) is 0 Å². The highest BCUT2D eigenvalue weighted by Gasteiger charge is 2.19. The number of allylic oxidation sites excluding steroid dienone is 6. The summed E-state index contributed by atoms with van der Waals surface area (Å²) in [6, 6.07) is 0. The van der Waals surface area contributed by atoms with E-state index < -0.39 is 6.10 Å². The molecule has 0 atom stereocenters. The number of unbranched alkanes of at least 4 members (excludes halogenated alkanes) is 45. The number of carbonyl (C=O) groups excluding carboxylic acids is 3. The lowest BCUT2D eigenvalue weighted by Gasteiger charge is -2.18. The fourth-order valence-electron chi connectivity index (χ4n) is 10.0. The molecule has 0 aromatic heterocycles. The molecule has 75 heavy (non-hydrogen) atoms. The third-order valence-corrected chi connectivity index (χ3v) is 15.1. The lowest BCUT2D eigenvalue weighted by Crippen LogP contribution is -2.30. The Morgan fingerprint density at radius 2 is 0.440 bits per heavy atom. The summed E-state index contributed by atoms with van der Waals surface area (Å²) in [4.78, 5) is 38.4. The average molecular weight is 1050 g/mol. The van der Waals surface area contributed by atoms with Gasteiger partial charge in [0.25, 0.3) is 0 Å². The van der Waals surface area contributed by atoms with Crippen LogP contribution in [-0.2, 0) is 28.6 Å². The normalized spacial score (nSPS) is 12.2. The Hall–Kier alpha value is -2.37. The van der Waals surface area contributed by atoms with Crippen LogP contribution in [-0.4, -0.2) is 37.2 Å². The summed E-state index contributed by atoms with van der Waals surface area (Å²) in [6.45, 7) is 6.69. The van der Waals surface area contributed by atoms with Crippen LogP contribution in [0.25, 0.3) is 0 Å². The van der Waals surface area contributed by atoms with Gasteiger partial charge in [-0.05, 0) is 96.3 Å². The molecule has 0 rings (SSSR count). The molecule has 0 unspecified atom stereocenters. The molecule has 0 bridgehead atoms. The van der Waals surface area contributed by atoms with Gasteiger partial charge in [-0.2, -0.15) is 0 Å². The lowest BCUT2D eigenvalue weighted by molar-refractivity contribution is -0.167. The molecule has 0 amide bonds. The number of carbonyl (C=O) groups is 3. The lowest BCUT2D eigenvalue weighted by atomic mass is 10.1. The van der Waals surface area contributed by atoms with Crippen molar-refractivity contribution < 1.29 is 28.6 Å². The highest BCUT2D eigenvalue weighted by molar-refractivity contribution is 5.71. The monoisotopic (exact) mass is 1050 g/mol. The van der Waals surface area contributed by atoms with Crippen molar-refractivity contribution in [3.05, 3.63) is 36.5 Å². The first-order chi connectivity index (χ1) is 37.0. The van der Waals surface area contributed by atoms with Gasteiger partial charge >= 0.3 is 17.9 Å². The van der Waals surface area contributed by atoms with Gasteiger partial charge in [0.2, 0.25) is 0 Å². The highest BCUT2D eigenvalue weighted by atomic mass is 16.6. The number of ether oxygens (including phenoxy) is 3. The smallest absolute Gasteiger partial charge is 0.306 e. The van der Waals surface area contributed by atoms with Gasteiger partial charge in [0.1, 0.15) is 13.2 Å². The van der Waals surface area contributed by atoms with Crippen molar-refractivity contribution in [2.24, 2.45) is 0 Å². The maximum Gasteiger partial charge on any atom is 0.306 e. The quantitative estimate of drug-likeness (QED) is 0.0261. The van der Waals surface area contributed by atoms with Gasteiger partial charge in [-0.3, -0.25) is 14.4 Å². The van der Waals surface area contributed by atoms with Crippen LogP contribution >= 0.6 is 0 Å². The molecule has 0 radical (unpaired) electrons. The minimum Gasteiger partial charge on any atom is -0.462 e. The molecule has 0 aliphatic rings. The zero-order chi connectivity index (χ0) is 54.3. The van der Waals surface area contributed by atoms with Crippen LogP contribution in [0.15, 0.2) is 36.5 Å². The fraction of sp³-hybridized carbons (Fsp3) is 0.870. The predicted molar refractivity (Wildman–Crippen MR) is 326 cm³/mol. The zero-order valence-electron chi connectivity index (χ0n) is 50.6. The van der Waals surface area contributed by atoms with E-state index in [1.54, 1.807) is 0 Å². The largest absolute Gasteiger partial charge is 0.462 e. The number of esters is 3. The molecule has 6 nitrogen and oxygen atoms in total. The summed E-state index contributed by atoms with van der Waals surface area (Å²) < 4.78 is 17.0. The van der Waals surface area contributed by atoms with E-state index in [-0.39, 0.29) is 31.1 Å². The first-order valence-corrected chi connectivity index (χ1v) is 33.5. The molecule has 0 aromatic carbocycles. The van der Waals surface area contributed by atoms with Crippen molar-refractivity contribution >= 4 is 17.9 Å². The highest BCUT2D eigenvalue weighted by Crippen LogP contribution is 2.17. The maximum absolute atomic E-state index is 12.9. The molecule has 0 heterocycles. The second-order valence-corrected chi connectivity index (χ2v) is 22.7. The first-order valence-electron chi connectivity index (χ1n) is 33.5. The molecule has 0 saturated heterocycles. The topological polar surface area (TPSA) is 78.9 Å². The minimum absolute atomic E-state index is 0.0712.